The molecule has 0 aliphatic carbocycles. The normalized spacial score (nSPS) is 10.7. The molecule has 100 valence electrons. The van der Waals surface area contributed by atoms with E-state index in [1.807, 2.05) is 24.3 Å². The Hall–Kier alpha value is -1.29. The number of hydrogen-bond donors (Lipinski definition) is 0. The van der Waals surface area contributed by atoms with Crippen molar-refractivity contribution in [3.05, 3.63) is 64.5 Å². The fraction of sp³-hybridized carbons (Fsp3) is 0.0625. The predicted octanol–water partition coefficient (Wildman–Crippen LogP) is 5.92. The maximum absolute atomic E-state index is 5.90. The van der Waals surface area contributed by atoms with E-state index in [2.05, 4.69) is 41.6 Å². The molecule has 0 aliphatic rings. The van der Waals surface area contributed by atoms with E-state index < -0.39 is 0 Å². The van der Waals surface area contributed by atoms with Crippen molar-refractivity contribution in [3.63, 3.8) is 0 Å². The molecule has 0 fully saturated rings. The van der Waals surface area contributed by atoms with E-state index >= 15 is 0 Å². The number of hydrogen-bond acceptors (Lipinski definition) is 3. The Morgan fingerprint density at radius 1 is 1.00 bits per heavy atom. The lowest BCUT2D eigenvalue weighted by atomic mass is 10.2. The molecule has 1 nitrogen and oxygen atoms in total. The van der Waals surface area contributed by atoms with Crippen molar-refractivity contribution in [1.29, 1.82) is 0 Å². The van der Waals surface area contributed by atoms with Crippen molar-refractivity contribution < 1.29 is 0 Å². The summed E-state index contributed by atoms with van der Waals surface area (Å²) in [7, 11) is 0. The lowest BCUT2D eigenvalue weighted by Gasteiger charge is -1.98. The highest BCUT2D eigenvalue weighted by molar-refractivity contribution is 7.99. The van der Waals surface area contributed by atoms with Crippen molar-refractivity contribution in [2.45, 2.75) is 16.8 Å². The van der Waals surface area contributed by atoms with Crippen LogP contribution in [0.2, 0.25) is 5.02 Å². The highest BCUT2D eigenvalue weighted by Gasteiger charge is 2.06. The molecule has 2 aromatic carbocycles. The number of rotatable bonds is 3. The van der Waals surface area contributed by atoms with E-state index in [-0.39, 0.29) is 0 Å². The molecule has 0 N–H and O–H groups in total. The van der Waals surface area contributed by atoms with Gasteiger partial charge in [-0.3, -0.25) is 0 Å². The van der Waals surface area contributed by atoms with Gasteiger partial charge >= 0.3 is 0 Å². The molecule has 0 saturated carbocycles. The standard InChI is InChI=1S/C16H12ClNS2/c1-11-2-8-14(9-3-11)20-15-10-19-16(18-15)12-4-6-13(17)7-5-12/h2-10H,1H3. The largest absolute Gasteiger partial charge is 0.229 e. The Labute approximate surface area is 131 Å². The van der Waals surface area contributed by atoms with Crippen LogP contribution in [-0.4, -0.2) is 4.98 Å². The zero-order chi connectivity index (χ0) is 13.9. The molecule has 0 radical (unpaired) electrons. The Kier molecular flexibility index (Phi) is 4.10. The lowest BCUT2D eigenvalue weighted by Crippen LogP contribution is -1.77. The van der Waals surface area contributed by atoms with Crippen molar-refractivity contribution >= 4 is 34.7 Å². The fourth-order valence-corrected chi connectivity index (χ4v) is 3.62. The van der Waals surface area contributed by atoms with Gasteiger partial charge in [-0.25, -0.2) is 4.98 Å². The minimum Gasteiger partial charge on any atom is -0.229 e. The van der Waals surface area contributed by atoms with Gasteiger partial charge in [0.1, 0.15) is 10.0 Å². The summed E-state index contributed by atoms with van der Waals surface area (Å²) >= 11 is 9.25. The third-order valence-corrected chi connectivity index (χ3v) is 5.04. The second-order valence-corrected chi connectivity index (χ2v) is 6.80. The topological polar surface area (TPSA) is 12.9 Å². The summed E-state index contributed by atoms with van der Waals surface area (Å²) in [5.74, 6) is 0. The number of benzene rings is 2. The maximum Gasteiger partial charge on any atom is 0.124 e. The second-order valence-electron chi connectivity index (χ2n) is 4.41. The Bertz CT molecular complexity index is 702. The van der Waals surface area contributed by atoms with Gasteiger partial charge in [0, 0.05) is 20.9 Å². The Morgan fingerprint density at radius 2 is 1.70 bits per heavy atom. The van der Waals surface area contributed by atoms with Crippen LogP contribution in [0.4, 0.5) is 0 Å². The quantitative estimate of drug-likeness (QED) is 0.594. The van der Waals surface area contributed by atoms with Gasteiger partial charge in [0.25, 0.3) is 0 Å². The third kappa shape index (κ3) is 3.23. The molecule has 0 unspecified atom stereocenters. The van der Waals surface area contributed by atoms with Crippen LogP contribution in [0.3, 0.4) is 0 Å². The molecular weight excluding hydrogens is 306 g/mol. The number of nitrogens with zero attached hydrogens (tertiary/aromatic N) is 1. The average molecular weight is 318 g/mol. The molecule has 1 aromatic heterocycles. The molecule has 3 aromatic rings. The van der Waals surface area contributed by atoms with E-state index in [1.54, 1.807) is 23.1 Å². The van der Waals surface area contributed by atoms with Gasteiger partial charge in [-0.15, -0.1) is 11.3 Å². The molecule has 3 rings (SSSR count). The van der Waals surface area contributed by atoms with Gasteiger partial charge in [0.05, 0.1) is 0 Å². The van der Waals surface area contributed by atoms with E-state index in [0.29, 0.717) is 0 Å². The van der Waals surface area contributed by atoms with E-state index in [0.717, 1.165) is 20.6 Å². The van der Waals surface area contributed by atoms with Crippen LogP contribution < -0.4 is 0 Å². The molecule has 4 heteroatoms. The first kappa shape index (κ1) is 13.7. The summed E-state index contributed by atoms with van der Waals surface area (Å²) in [6.45, 7) is 2.09. The van der Waals surface area contributed by atoms with Gasteiger partial charge in [-0.05, 0) is 31.2 Å². The average Bonchev–Trinajstić information content (AvgIpc) is 2.91. The zero-order valence-corrected chi connectivity index (χ0v) is 13.2. The van der Waals surface area contributed by atoms with Gasteiger partial charge in [-0.1, -0.05) is 53.2 Å². The van der Waals surface area contributed by atoms with Crippen molar-refractivity contribution in [3.8, 4) is 10.6 Å². The van der Waals surface area contributed by atoms with Gasteiger partial charge in [0.15, 0.2) is 0 Å². The van der Waals surface area contributed by atoms with Crippen LogP contribution in [0.15, 0.2) is 63.8 Å². The van der Waals surface area contributed by atoms with Crippen LogP contribution >= 0.6 is 34.7 Å². The predicted molar refractivity (Wildman–Crippen MR) is 87.9 cm³/mol. The summed E-state index contributed by atoms with van der Waals surface area (Å²) < 4.78 is 0. The molecule has 0 atom stereocenters. The highest BCUT2D eigenvalue weighted by Crippen LogP contribution is 2.32. The molecule has 0 amide bonds. The molecule has 0 spiro atoms. The van der Waals surface area contributed by atoms with Gasteiger partial charge in [-0.2, -0.15) is 0 Å². The molecule has 0 bridgehead atoms. The zero-order valence-electron chi connectivity index (χ0n) is 10.8. The van der Waals surface area contributed by atoms with Crippen LogP contribution in [0, 0.1) is 6.92 Å². The monoisotopic (exact) mass is 317 g/mol. The Balaban J connectivity index is 1.80. The molecule has 20 heavy (non-hydrogen) atoms. The lowest BCUT2D eigenvalue weighted by molar-refractivity contribution is 1.20. The molecule has 0 saturated heterocycles. The molecule has 1 heterocycles. The van der Waals surface area contributed by atoms with Crippen LogP contribution in [-0.2, 0) is 0 Å². The number of halogens is 1. The number of aromatic nitrogens is 1. The van der Waals surface area contributed by atoms with E-state index in [4.69, 9.17) is 11.6 Å². The first-order chi connectivity index (χ1) is 9.70. The van der Waals surface area contributed by atoms with Crippen LogP contribution in [0.1, 0.15) is 5.56 Å². The number of thiazole rings is 1. The molecule has 0 aliphatic heterocycles. The summed E-state index contributed by atoms with van der Waals surface area (Å²) in [5, 5.41) is 4.90. The van der Waals surface area contributed by atoms with Gasteiger partial charge in [0.2, 0.25) is 0 Å². The summed E-state index contributed by atoms with van der Waals surface area (Å²) in [5.41, 5.74) is 2.38. The van der Waals surface area contributed by atoms with Gasteiger partial charge < -0.3 is 0 Å². The molecular formula is C16H12ClNS2. The summed E-state index contributed by atoms with van der Waals surface area (Å²) in [4.78, 5) is 5.88. The van der Waals surface area contributed by atoms with Crippen molar-refractivity contribution in [2.75, 3.05) is 0 Å². The minimum atomic E-state index is 0.750. The van der Waals surface area contributed by atoms with E-state index in [1.165, 1.54) is 10.5 Å². The number of aryl methyl sites for hydroxylation is 1. The van der Waals surface area contributed by atoms with Crippen molar-refractivity contribution in [2.24, 2.45) is 0 Å². The third-order valence-electron chi connectivity index (χ3n) is 2.82. The Morgan fingerprint density at radius 3 is 2.40 bits per heavy atom. The fourth-order valence-electron chi connectivity index (χ4n) is 1.76. The second kappa shape index (κ2) is 6.00. The minimum absolute atomic E-state index is 0.750. The first-order valence-electron chi connectivity index (χ1n) is 6.17. The first-order valence-corrected chi connectivity index (χ1v) is 8.24. The maximum atomic E-state index is 5.90. The van der Waals surface area contributed by atoms with Crippen molar-refractivity contribution in [1.82, 2.24) is 4.98 Å². The SMILES string of the molecule is Cc1ccc(Sc2csc(-c3ccc(Cl)cc3)n2)cc1. The van der Waals surface area contributed by atoms with E-state index in [9.17, 15) is 0 Å². The smallest absolute Gasteiger partial charge is 0.124 e. The summed E-state index contributed by atoms with van der Waals surface area (Å²) in [6, 6.07) is 16.3. The van der Waals surface area contributed by atoms with Crippen LogP contribution in [0.5, 0.6) is 0 Å². The highest BCUT2D eigenvalue weighted by atomic mass is 35.5. The van der Waals surface area contributed by atoms with Crippen LogP contribution in [0.25, 0.3) is 10.6 Å². The summed E-state index contributed by atoms with van der Waals surface area (Å²) in [6.07, 6.45) is 0.